The van der Waals surface area contributed by atoms with E-state index in [2.05, 4.69) is 10.3 Å². The van der Waals surface area contributed by atoms with Gasteiger partial charge in [-0.3, -0.25) is 10.1 Å². The molecule has 1 unspecified atom stereocenters. The minimum atomic E-state index is -1.21. The van der Waals surface area contributed by atoms with Crippen molar-refractivity contribution in [3.8, 4) is 0 Å². The Morgan fingerprint density at radius 1 is 1.57 bits per heavy atom. The Kier molecular flexibility index (Phi) is 4.17. The third kappa shape index (κ3) is 3.56. The lowest BCUT2D eigenvalue weighted by Gasteiger charge is -2.17. The van der Waals surface area contributed by atoms with Gasteiger partial charge in [0.2, 0.25) is 0 Å². The van der Waals surface area contributed by atoms with Gasteiger partial charge in [-0.15, -0.1) is 0 Å². The van der Waals surface area contributed by atoms with Gasteiger partial charge in [-0.25, -0.2) is 9.78 Å². The van der Waals surface area contributed by atoms with E-state index in [1.54, 1.807) is 18.7 Å². The first kappa shape index (κ1) is 14.5. The molecule has 110 valence electrons. The molecule has 2 rings (SSSR count). The van der Waals surface area contributed by atoms with Crippen molar-refractivity contribution >= 4 is 17.3 Å². The quantitative estimate of drug-likeness (QED) is 0.621. The van der Waals surface area contributed by atoms with E-state index >= 15 is 0 Å². The number of carbonyl (C=O) groups is 1. The molecule has 21 heavy (non-hydrogen) atoms. The Balaban J connectivity index is 2.18. The second-order valence-corrected chi connectivity index (χ2v) is 4.60. The highest BCUT2D eigenvalue weighted by Crippen LogP contribution is 2.23. The van der Waals surface area contributed by atoms with Crippen molar-refractivity contribution < 1.29 is 14.8 Å². The van der Waals surface area contributed by atoms with Crippen molar-refractivity contribution in [2.75, 3.05) is 5.32 Å². The molecule has 8 nitrogen and oxygen atoms in total. The number of carboxylic acid groups (broad SMARTS) is 1. The Morgan fingerprint density at radius 2 is 2.33 bits per heavy atom. The zero-order valence-electron chi connectivity index (χ0n) is 11.3. The van der Waals surface area contributed by atoms with Gasteiger partial charge in [0.05, 0.1) is 16.8 Å². The Morgan fingerprint density at radius 3 is 2.90 bits per heavy atom. The molecular weight excluding hydrogens is 276 g/mol. The number of hydrogen-bond acceptors (Lipinski definition) is 5. The zero-order chi connectivity index (χ0) is 15.4. The van der Waals surface area contributed by atoms with Crippen molar-refractivity contribution in [2.24, 2.45) is 0 Å². The molecule has 0 aliphatic heterocycles. The largest absolute Gasteiger partial charge is 0.478 e. The van der Waals surface area contributed by atoms with Crippen LogP contribution in [0.3, 0.4) is 0 Å². The summed E-state index contributed by atoms with van der Waals surface area (Å²) >= 11 is 0. The van der Waals surface area contributed by atoms with E-state index < -0.39 is 10.9 Å². The first-order valence-corrected chi connectivity index (χ1v) is 6.21. The van der Waals surface area contributed by atoms with Crippen molar-refractivity contribution in [3.05, 3.63) is 52.6 Å². The molecule has 0 amide bonds. The highest BCUT2D eigenvalue weighted by atomic mass is 16.6. The average Bonchev–Trinajstić information content (AvgIpc) is 2.91. The van der Waals surface area contributed by atoms with Gasteiger partial charge in [0.1, 0.15) is 0 Å². The summed E-state index contributed by atoms with van der Waals surface area (Å²) in [5.74, 6) is -1.21. The number of aromatic nitrogens is 2. The van der Waals surface area contributed by atoms with Gasteiger partial charge in [0.15, 0.2) is 0 Å². The molecule has 0 aliphatic carbocycles. The number of imidazole rings is 1. The predicted molar refractivity (Wildman–Crippen MR) is 75.4 cm³/mol. The highest BCUT2D eigenvalue weighted by Gasteiger charge is 2.17. The third-order valence-electron chi connectivity index (χ3n) is 2.89. The topological polar surface area (TPSA) is 110 Å². The van der Waals surface area contributed by atoms with E-state index in [1.807, 2.05) is 11.5 Å². The number of anilines is 1. The number of hydrogen-bond donors (Lipinski definition) is 2. The first-order chi connectivity index (χ1) is 9.97. The van der Waals surface area contributed by atoms with Crippen LogP contribution in [0.5, 0.6) is 0 Å². The summed E-state index contributed by atoms with van der Waals surface area (Å²) in [5, 5.41) is 22.9. The number of nitro benzene ring substituents is 1. The number of nitrogens with one attached hydrogen (secondary N) is 1. The monoisotopic (exact) mass is 290 g/mol. The van der Waals surface area contributed by atoms with Crippen LogP contribution in [0.1, 0.15) is 17.3 Å². The summed E-state index contributed by atoms with van der Waals surface area (Å²) in [6, 6.07) is 3.66. The van der Waals surface area contributed by atoms with Gasteiger partial charge >= 0.3 is 5.97 Å². The average molecular weight is 290 g/mol. The fourth-order valence-corrected chi connectivity index (χ4v) is 1.97. The second kappa shape index (κ2) is 6.04. The highest BCUT2D eigenvalue weighted by molar-refractivity contribution is 5.95. The molecule has 1 atom stereocenters. The minimum absolute atomic E-state index is 0.0706. The Hall–Kier alpha value is -2.90. The molecule has 8 heteroatoms. The number of nitrogens with zero attached hydrogens (tertiary/aromatic N) is 3. The lowest BCUT2D eigenvalue weighted by Crippen LogP contribution is -2.22. The van der Waals surface area contributed by atoms with Gasteiger partial charge in [0, 0.05) is 42.8 Å². The van der Waals surface area contributed by atoms with Gasteiger partial charge in [-0.1, -0.05) is 0 Å². The van der Waals surface area contributed by atoms with Crippen LogP contribution in [-0.4, -0.2) is 31.6 Å². The van der Waals surface area contributed by atoms with E-state index in [9.17, 15) is 14.9 Å². The van der Waals surface area contributed by atoms with E-state index in [4.69, 9.17) is 5.11 Å². The molecule has 0 saturated heterocycles. The molecule has 0 fully saturated rings. The van der Waals surface area contributed by atoms with E-state index in [0.29, 0.717) is 12.2 Å². The molecule has 1 aromatic carbocycles. The number of nitro groups is 1. The number of carboxylic acids is 1. The summed E-state index contributed by atoms with van der Waals surface area (Å²) in [6.45, 7) is 2.48. The molecule has 2 aromatic rings. The van der Waals surface area contributed by atoms with Gasteiger partial charge in [-0.2, -0.15) is 0 Å². The van der Waals surface area contributed by atoms with Crippen LogP contribution >= 0.6 is 0 Å². The number of benzene rings is 1. The molecule has 1 heterocycles. The van der Waals surface area contributed by atoms with E-state index in [-0.39, 0.29) is 17.3 Å². The first-order valence-electron chi connectivity index (χ1n) is 6.21. The fourth-order valence-electron chi connectivity index (χ4n) is 1.97. The normalized spacial score (nSPS) is 11.9. The van der Waals surface area contributed by atoms with Crippen molar-refractivity contribution in [1.82, 2.24) is 9.55 Å². The molecule has 0 aliphatic rings. The summed E-state index contributed by atoms with van der Waals surface area (Å²) in [4.78, 5) is 25.2. The van der Waals surface area contributed by atoms with Crippen molar-refractivity contribution in [3.63, 3.8) is 0 Å². The van der Waals surface area contributed by atoms with Gasteiger partial charge < -0.3 is 15.0 Å². The fraction of sp³-hybridized carbons (Fsp3) is 0.231. The number of non-ortho nitro benzene ring substituents is 1. The lowest BCUT2D eigenvalue weighted by atomic mass is 10.1. The smallest absolute Gasteiger partial charge is 0.338 e. The maximum absolute atomic E-state index is 11.2. The van der Waals surface area contributed by atoms with E-state index in [1.165, 1.54) is 12.1 Å². The summed E-state index contributed by atoms with van der Waals surface area (Å²) in [6.07, 6.45) is 5.11. The third-order valence-corrected chi connectivity index (χ3v) is 2.89. The zero-order valence-corrected chi connectivity index (χ0v) is 11.3. The molecule has 2 N–H and O–H groups in total. The molecule has 0 bridgehead atoms. The van der Waals surface area contributed by atoms with E-state index in [0.717, 1.165) is 6.07 Å². The van der Waals surface area contributed by atoms with Crippen LogP contribution in [0.15, 0.2) is 36.9 Å². The predicted octanol–water partition coefficient (Wildman–Crippen LogP) is 1.99. The molecule has 0 saturated carbocycles. The second-order valence-electron chi connectivity index (χ2n) is 4.60. The van der Waals surface area contributed by atoms with Crippen LogP contribution < -0.4 is 5.32 Å². The minimum Gasteiger partial charge on any atom is -0.478 e. The van der Waals surface area contributed by atoms with Crippen LogP contribution in [0, 0.1) is 10.1 Å². The Labute approximate surface area is 120 Å². The van der Waals surface area contributed by atoms with Crippen molar-refractivity contribution in [1.29, 1.82) is 0 Å². The number of rotatable bonds is 6. The maximum Gasteiger partial charge on any atom is 0.338 e. The summed E-state index contributed by atoms with van der Waals surface area (Å²) in [7, 11) is 0. The van der Waals surface area contributed by atoms with Gasteiger partial charge in [-0.05, 0) is 13.0 Å². The van der Waals surface area contributed by atoms with Crippen LogP contribution in [0.2, 0.25) is 0 Å². The molecular formula is C13H14N4O4. The number of aromatic carboxylic acids is 1. The summed E-state index contributed by atoms with van der Waals surface area (Å²) in [5.41, 5.74) is -0.0254. The molecule has 0 spiro atoms. The maximum atomic E-state index is 11.2. The Bertz CT molecular complexity index is 654. The van der Waals surface area contributed by atoms with Gasteiger partial charge in [0.25, 0.3) is 5.69 Å². The van der Waals surface area contributed by atoms with Crippen LogP contribution in [-0.2, 0) is 6.54 Å². The SMILES string of the molecule is CC(Cn1ccnc1)Nc1ccc([N+](=O)[O-])cc1C(=O)O. The lowest BCUT2D eigenvalue weighted by molar-refractivity contribution is -0.384. The van der Waals surface area contributed by atoms with Crippen molar-refractivity contribution in [2.45, 2.75) is 19.5 Å². The van der Waals surface area contributed by atoms with Crippen LogP contribution in [0.4, 0.5) is 11.4 Å². The molecule has 1 aromatic heterocycles. The van der Waals surface area contributed by atoms with Crippen LogP contribution in [0.25, 0.3) is 0 Å². The summed E-state index contributed by atoms with van der Waals surface area (Å²) < 4.78 is 1.85. The standard InChI is InChI=1S/C13H14N4O4/c1-9(7-16-5-4-14-8-16)15-12-3-2-10(17(20)21)6-11(12)13(18)19/h2-6,8-9,15H,7H2,1H3,(H,18,19). The molecule has 0 radical (unpaired) electrons.